The molecule has 0 saturated carbocycles. The van der Waals surface area contributed by atoms with E-state index >= 15 is 0 Å². The van der Waals surface area contributed by atoms with Crippen molar-refractivity contribution in [3.8, 4) is 0 Å². The Balaban J connectivity index is 1.96. The van der Waals surface area contributed by atoms with Crippen molar-refractivity contribution in [2.45, 2.75) is 104 Å². The molecule has 3 rings (SSSR count). The lowest BCUT2D eigenvalue weighted by molar-refractivity contribution is -0.186. The molecule has 31 heavy (non-hydrogen) atoms. The Bertz CT molecular complexity index is 820. The Kier molecular flexibility index (Phi) is 6.37. The van der Waals surface area contributed by atoms with E-state index in [1.807, 2.05) is 73.6 Å². The summed E-state index contributed by atoms with van der Waals surface area (Å²) in [5.74, 6) is -0.0120. The summed E-state index contributed by atoms with van der Waals surface area (Å²) in [6.07, 6.45) is -0.487. The van der Waals surface area contributed by atoms with Crippen LogP contribution >= 0.6 is 0 Å². The predicted octanol–water partition coefficient (Wildman–Crippen LogP) is 2.85. The fourth-order valence-corrected chi connectivity index (χ4v) is 4.19. The molecule has 1 aromatic carbocycles. The Hall–Kier alpha value is -1.45. The fraction of sp³-hybridized carbons (Fsp3) is 0.696. The molecular formula is C23H37BN2O5. The monoisotopic (exact) mass is 432 g/mol. The number of aliphatic hydroxyl groups is 1. The van der Waals surface area contributed by atoms with Crippen LogP contribution in [0.3, 0.4) is 0 Å². The lowest BCUT2D eigenvalue weighted by Gasteiger charge is -2.40. The number of carbonyl (C=O) groups is 1. The van der Waals surface area contributed by atoms with Crippen LogP contribution in [0.5, 0.6) is 0 Å². The average molecular weight is 432 g/mol. The molecule has 2 aliphatic heterocycles. The molecule has 7 nitrogen and oxygen atoms in total. The van der Waals surface area contributed by atoms with Gasteiger partial charge in [0.25, 0.3) is 0 Å². The van der Waals surface area contributed by atoms with Crippen LogP contribution in [0.15, 0.2) is 18.2 Å². The number of amides is 1. The molecule has 0 aliphatic carbocycles. The summed E-state index contributed by atoms with van der Waals surface area (Å²) < 4.78 is 18.1. The molecule has 1 amide bonds. The van der Waals surface area contributed by atoms with Crippen molar-refractivity contribution in [3.05, 3.63) is 23.8 Å². The van der Waals surface area contributed by atoms with Gasteiger partial charge in [-0.05, 0) is 78.9 Å². The Labute approximate surface area is 186 Å². The number of aliphatic hydroxyl groups excluding tert-OH is 1. The van der Waals surface area contributed by atoms with Gasteiger partial charge in [-0.1, -0.05) is 12.1 Å². The van der Waals surface area contributed by atoms with Crippen molar-refractivity contribution >= 4 is 24.2 Å². The van der Waals surface area contributed by atoms with E-state index in [0.29, 0.717) is 6.42 Å². The summed E-state index contributed by atoms with van der Waals surface area (Å²) in [5, 5.41) is 13.7. The van der Waals surface area contributed by atoms with Crippen LogP contribution in [-0.2, 0) is 18.8 Å². The summed E-state index contributed by atoms with van der Waals surface area (Å²) in [6, 6.07) is 5.69. The summed E-state index contributed by atoms with van der Waals surface area (Å²) in [7, 11) is -0.503. The van der Waals surface area contributed by atoms with Gasteiger partial charge in [-0.2, -0.15) is 0 Å². The third-order valence-corrected chi connectivity index (χ3v) is 6.38. The smallest absolute Gasteiger partial charge is 0.399 e. The highest BCUT2D eigenvalue weighted by molar-refractivity contribution is 6.62. The minimum atomic E-state index is -1.13. The first-order valence-electron chi connectivity index (χ1n) is 11.0. The lowest BCUT2D eigenvalue weighted by atomic mass is 9.76. The molecule has 0 bridgehead atoms. The van der Waals surface area contributed by atoms with Gasteiger partial charge in [0.05, 0.1) is 16.8 Å². The second-order valence-electron chi connectivity index (χ2n) is 10.7. The number of fused-ring (bicyclic) bond motifs is 1. The molecular weight excluding hydrogens is 395 g/mol. The number of anilines is 1. The lowest BCUT2D eigenvalue weighted by Crippen LogP contribution is -2.48. The zero-order chi connectivity index (χ0) is 23.4. The van der Waals surface area contributed by atoms with Gasteiger partial charge in [-0.15, -0.1) is 0 Å². The number of ether oxygens (including phenoxy) is 1. The Morgan fingerprint density at radius 3 is 2.35 bits per heavy atom. The van der Waals surface area contributed by atoms with E-state index in [2.05, 4.69) is 5.32 Å². The zero-order valence-electron chi connectivity index (χ0n) is 20.3. The van der Waals surface area contributed by atoms with Crippen molar-refractivity contribution in [2.24, 2.45) is 0 Å². The van der Waals surface area contributed by atoms with Crippen LogP contribution in [0, 0.1) is 0 Å². The van der Waals surface area contributed by atoms with Crippen LogP contribution < -0.4 is 15.7 Å². The molecule has 1 aromatic rings. The van der Waals surface area contributed by atoms with Gasteiger partial charge in [0.2, 0.25) is 12.3 Å². The topological polar surface area (TPSA) is 80.3 Å². The number of hydrogen-bond acceptors (Lipinski definition) is 6. The van der Waals surface area contributed by atoms with E-state index in [4.69, 9.17) is 14.0 Å². The number of nitrogens with one attached hydrogen (secondary N) is 1. The number of benzene rings is 1. The van der Waals surface area contributed by atoms with Gasteiger partial charge in [0, 0.05) is 24.7 Å². The van der Waals surface area contributed by atoms with Crippen LogP contribution in [0.1, 0.15) is 80.3 Å². The van der Waals surface area contributed by atoms with Crippen molar-refractivity contribution in [1.29, 1.82) is 0 Å². The summed E-state index contributed by atoms with van der Waals surface area (Å²) >= 11 is 0. The van der Waals surface area contributed by atoms with E-state index in [-0.39, 0.29) is 18.0 Å². The Morgan fingerprint density at radius 2 is 1.84 bits per heavy atom. The molecule has 1 saturated heterocycles. The van der Waals surface area contributed by atoms with Crippen LogP contribution in [0.4, 0.5) is 5.69 Å². The quantitative estimate of drug-likeness (QED) is 0.563. The van der Waals surface area contributed by atoms with Gasteiger partial charge in [0.15, 0.2) is 0 Å². The second kappa shape index (κ2) is 8.16. The molecule has 3 atom stereocenters. The molecule has 2 heterocycles. The minimum Gasteiger partial charge on any atom is -0.399 e. The van der Waals surface area contributed by atoms with E-state index in [1.165, 1.54) is 0 Å². The van der Waals surface area contributed by atoms with Crippen molar-refractivity contribution < 1.29 is 23.9 Å². The van der Waals surface area contributed by atoms with Crippen molar-refractivity contribution in [3.63, 3.8) is 0 Å². The standard InChI is InChI=1S/C23H37BN2O5/c1-14-12-18(25-20(28)29-21(3,4)5)17-13-16(10-11-19(17)26(14)15(2)27)24-30-22(6,7)23(8,9)31-24/h10-11,13-14,18,20,25,28H,12H2,1-9H3/t14-,18+,20?/m0/s1. The minimum absolute atomic E-state index is 0.0120. The summed E-state index contributed by atoms with van der Waals surface area (Å²) in [6.45, 7) is 17.4. The van der Waals surface area contributed by atoms with Gasteiger partial charge in [-0.25, -0.2) is 0 Å². The van der Waals surface area contributed by atoms with Gasteiger partial charge in [0.1, 0.15) is 0 Å². The van der Waals surface area contributed by atoms with Crippen LogP contribution in [-0.4, -0.2) is 47.4 Å². The molecule has 1 fully saturated rings. The van der Waals surface area contributed by atoms with Gasteiger partial charge < -0.3 is 24.1 Å². The largest absolute Gasteiger partial charge is 0.494 e. The van der Waals surface area contributed by atoms with E-state index in [0.717, 1.165) is 16.7 Å². The first-order valence-corrected chi connectivity index (χ1v) is 11.0. The maximum Gasteiger partial charge on any atom is 0.494 e. The van der Waals surface area contributed by atoms with Crippen molar-refractivity contribution in [1.82, 2.24) is 5.32 Å². The number of rotatable bonds is 4. The van der Waals surface area contributed by atoms with E-state index in [1.54, 1.807) is 11.8 Å². The molecule has 1 unspecified atom stereocenters. The third-order valence-electron chi connectivity index (χ3n) is 6.38. The zero-order valence-corrected chi connectivity index (χ0v) is 20.3. The summed E-state index contributed by atoms with van der Waals surface area (Å²) in [4.78, 5) is 14.2. The molecule has 172 valence electrons. The normalized spacial score (nSPS) is 26.0. The first kappa shape index (κ1) is 24.2. The first-order chi connectivity index (χ1) is 14.1. The van der Waals surface area contributed by atoms with E-state index in [9.17, 15) is 9.90 Å². The second-order valence-corrected chi connectivity index (χ2v) is 10.7. The molecule has 2 N–H and O–H groups in total. The number of carbonyl (C=O) groups excluding carboxylic acids is 1. The predicted molar refractivity (Wildman–Crippen MR) is 122 cm³/mol. The van der Waals surface area contributed by atoms with Gasteiger partial charge in [-0.3, -0.25) is 10.1 Å². The van der Waals surface area contributed by atoms with Crippen molar-refractivity contribution in [2.75, 3.05) is 4.90 Å². The highest BCUT2D eigenvalue weighted by Gasteiger charge is 2.52. The van der Waals surface area contributed by atoms with E-state index < -0.39 is 30.3 Å². The van der Waals surface area contributed by atoms with Gasteiger partial charge >= 0.3 is 7.12 Å². The highest BCUT2D eigenvalue weighted by Crippen LogP contribution is 2.39. The average Bonchev–Trinajstić information content (AvgIpc) is 2.80. The maximum atomic E-state index is 12.4. The number of hydrogen-bond donors (Lipinski definition) is 2. The molecule has 0 spiro atoms. The maximum absolute atomic E-state index is 12.4. The fourth-order valence-electron chi connectivity index (χ4n) is 4.19. The number of nitrogens with zero attached hydrogens (tertiary/aromatic N) is 1. The molecule has 2 aliphatic rings. The highest BCUT2D eigenvalue weighted by atomic mass is 16.7. The molecule has 8 heteroatoms. The molecule has 0 radical (unpaired) electrons. The summed E-state index contributed by atoms with van der Waals surface area (Å²) in [5.41, 5.74) is 1.24. The van der Waals surface area contributed by atoms with Crippen LogP contribution in [0.25, 0.3) is 0 Å². The molecule has 0 aromatic heterocycles. The SMILES string of the molecule is CC(=O)N1c2ccc(B3OC(C)(C)C(C)(C)O3)cc2[C@H](NC(O)OC(C)(C)C)C[C@@H]1C. The third kappa shape index (κ3) is 4.99. The Morgan fingerprint density at radius 1 is 1.26 bits per heavy atom. The van der Waals surface area contributed by atoms with Crippen LogP contribution in [0.2, 0.25) is 0 Å².